The zero-order chi connectivity index (χ0) is 19.1. The molecule has 2 aromatic rings. The molecule has 8 nitrogen and oxygen atoms in total. The highest BCUT2D eigenvalue weighted by Gasteiger charge is 2.30. The topological polar surface area (TPSA) is 78.6 Å². The van der Waals surface area contributed by atoms with Crippen molar-refractivity contribution < 1.29 is 9.32 Å². The average Bonchev–Trinajstić information content (AvgIpc) is 3.30. The van der Waals surface area contributed by atoms with Gasteiger partial charge in [0.1, 0.15) is 17.1 Å². The van der Waals surface area contributed by atoms with Crippen molar-refractivity contribution in [3.63, 3.8) is 0 Å². The van der Waals surface area contributed by atoms with Crippen molar-refractivity contribution >= 4 is 17.7 Å². The highest BCUT2D eigenvalue weighted by atomic mass is 16.5. The highest BCUT2D eigenvalue weighted by Crippen LogP contribution is 2.30. The van der Waals surface area contributed by atoms with Crippen LogP contribution in [0.3, 0.4) is 0 Å². The number of hydrogen-bond donors (Lipinski definition) is 0. The molecule has 8 heteroatoms. The van der Waals surface area contributed by atoms with E-state index in [9.17, 15) is 4.79 Å². The number of amides is 1. The largest absolute Gasteiger partial charge is 0.362 e. The third-order valence-corrected chi connectivity index (χ3v) is 5.37. The molecule has 1 fully saturated rings. The predicted molar refractivity (Wildman–Crippen MR) is 102 cm³/mol. The van der Waals surface area contributed by atoms with E-state index in [2.05, 4.69) is 10.1 Å². The fourth-order valence-electron chi connectivity index (χ4n) is 3.93. The van der Waals surface area contributed by atoms with E-state index in [1.54, 1.807) is 13.8 Å². The summed E-state index contributed by atoms with van der Waals surface area (Å²) in [7, 11) is 3.98. The lowest BCUT2D eigenvalue weighted by atomic mass is 10.0. The van der Waals surface area contributed by atoms with E-state index in [4.69, 9.17) is 14.5 Å². The molecule has 2 aliphatic heterocycles. The van der Waals surface area contributed by atoms with Gasteiger partial charge in [0, 0.05) is 45.7 Å². The van der Waals surface area contributed by atoms with Gasteiger partial charge < -0.3 is 19.2 Å². The molecule has 0 spiro atoms. The van der Waals surface area contributed by atoms with Gasteiger partial charge in [-0.2, -0.15) is 4.98 Å². The Balaban J connectivity index is 1.66. The van der Waals surface area contributed by atoms with Crippen LogP contribution in [-0.4, -0.2) is 59.7 Å². The van der Waals surface area contributed by atoms with Crippen LogP contribution in [0.15, 0.2) is 4.52 Å². The van der Waals surface area contributed by atoms with Crippen molar-refractivity contribution in [1.82, 2.24) is 20.0 Å². The maximum Gasteiger partial charge on any atom is 0.259 e. The molecular formula is C19H26N6O2. The van der Waals surface area contributed by atoms with Gasteiger partial charge in [0.2, 0.25) is 5.95 Å². The van der Waals surface area contributed by atoms with Crippen LogP contribution in [0.2, 0.25) is 0 Å². The van der Waals surface area contributed by atoms with Crippen molar-refractivity contribution in [3.05, 3.63) is 28.3 Å². The molecule has 0 saturated carbocycles. The van der Waals surface area contributed by atoms with E-state index >= 15 is 0 Å². The second kappa shape index (κ2) is 6.83. The molecule has 4 rings (SSSR count). The van der Waals surface area contributed by atoms with E-state index < -0.39 is 0 Å². The van der Waals surface area contributed by atoms with E-state index in [-0.39, 0.29) is 5.91 Å². The van der Waals surface area contributed by atoms with E-state index in [0.717, 1.165) is 42.5 Å². The Morgan fingerprint density at radius 3 is 2.48 bits per heavy atom. The van der Waals surface area contributed by atoms with Gasteiger partial charge >= 0.3 is 0 Å². The molecule has 0 unspecified atom stereocenters. The Labute approximate surface area is 159 Å². The van der Waals surface area contributed by atoms with Crippen LogP contribution >= 0.6 is 0 Å². The summed E-state index contributed by atoms with van der Waals surface area (Å²) < 4.78 is 5.18. The number of carbonyl (C=O) groups excluding carboxylic acids is 1. The molecule has 0 radical (unpaired) electrons. The van der Waals surface area contributed by atoms with Gasteiger partial charge in [-0.25, -0.2) is 4.98 Å². The molecule has 2 aliphatic rings. The summed E-state index contributed by atoms with van der Waals surface area (Å²) in [5.74, 6) is 2.25. The molecule has 27 heavy (non-hydrogen) atoms. The zero-order valence-corrected chi connectivity index (χ0v) is 16.4. The number of hydrogen-bond acceptors (Lipinski definition) is 7. The predicted octanol–water partition coefficient (Wildman–Crippen LogP) is 1.95. The lowest BCUT2D eigenvalue weighted by molar-refractivity contribution is 0.0731. The smallest absolute Gasteiger partial charge is 0.259 e. The van der Waals surface area contributed by atoms with Crippen molar-refractivity contribution in [2.75, 3.05) is 43.5 Å². The summed E-state index contributed by atoms with van der Waals surface area (Å²) in [6.07, 6.45) is 3.11. The van der Waals surface area contributed by atoms with E-state index in [1.165, 1.54) is 12.8 Å². The zero-order valence-electron chi connectivity index (χ0n) is 16.4. The Morgan fingerprint density at radius 1 is 1.11 bits per heavy atom. The maximum atomic E-state index is 13.0. The fraction of sp³-hybridized carbons (Fsp3) is 0.579. The van der Waals surface area contributed by atoms with Crippen LogP contribution in [0.5, 0.6) is 0 Å². The monoisotopic (exact) mass is 370 g/mol. The fourth-order valence-corrected chi connectivity index (χ4v) is 3.93. The Bertz CT molecular complexity index is 850. The third kappa shape index (κ3) is 3.13. The molecule has 4 heterocycles. The first-order valence-electron chi connectivity index (χ1n) is 9.50. The minimum atomic E-state index is -0.0368. The molecule has 144 valence electrons. The van der Waals surface area contributed by atoms with Gasteiger partial charge in [0.25, 0.3) is 5.91 Å². The molecule has 0 aromatic carbocycles. The molecule has 0 atom stereocenters. The number of carbonyl (C=O) groups is 1. The number of aryl methyl sites for hydroxylation is 2. The molecular weight excluding hydrogens is 344 g/mol. The van der Waals surface area contributed by atoms with Crippen LogP contribution in [0, 0.1) is 13.8 Å². The summed E-state index contributed by atoms with van der Waals surface area (Å²) in [5.41, 5.74) is 3.30. The molecule has 1 saturated heterocycles. The third-order valence-electron chi connectivity index (χ3n) is 5.37. The van der Waals surface area contributed by atoms with Gasteiger partial charge in [-0.3, -0.25) is 4.79 Å². The lowest BCUT2D eigenvalue weighted by Crippen LogP contribution is -2.38. The van der Waals surface area contributed by atoms with Gasteiger partial charge in [-0.15, -0.1) is 0 Å². The second-order valence-electron chi connectivity index (χ2n) is 7.54. The van der Waals surface area contributed by atoms with Gasteiger partial charge in [0.15, 0.2) is 0 Å². The number of anilines is 2. The Kier molecular flexibility index (Phi) is 4.49. The first-order valence-corrected chi connectivity index (χ1v) is 9.50. The Hall–Kier alpha value is -2.64. The molecule has 1 amide bonds. The minimum Gasteiger partial charge on any atom is -0.362 e. The van der Waals surface area contributed by atoms with Crippen LogP contribution < -0.4 is 9.80 Å². The van der Waals surface area contributed by atoms with Crippen LogP contribution in [0.4, 0.5) is 11.8 Å². The number of fused-ring (bicyclic) bond motifs is 1. The highest BCUT2D eigenvalue weighted by molar-refractivity contribution is 5.96. The first kappa shape index (κ1) is 17.8. The summed E-state index contributed by atoms with van der Waals surface area (Å²) in [6, 6.07) is 0. The van der Waals surface area contributed by atoms with Crippen molar-refractivity contribution in [2.45, 2.75) is 39.7 Å². The molecule has 0 bridgehead atoms. The standard InChI is InChI=1S/C19H26N6O2/c1-12-16(13(2)27-22-12)18(26)25-10-7-15-14(11-25)17(23(3)4)21-19(20-15)24-8-5-6-9-24/h5-11H2,1-4H3. The summed E-state index contributed by atoms with van der Waals surface area (Å²) >= 11 is 0. The summed E-state index contributed by atoms with van der Waals surface area (Å²) in [6.45, 7) is 6.76. The van der Waals surface area contributed by atoms with Crippen LogP contribution in [-0.2, 0) is 13.0 Å². The average molecular weight is 370 g/mol. The van der Waals surface area contributed by atoms with Gasteiger partial charge in [-0.1, -0.05) is 5.16 Å². The van der Waals surface area contributed by atoms with Crippen molar-refractivity contribution in [2.24, 2.45) is 0 Å². The number of nitrogens with zero attached hydrogens (tertiary/aromatic N) is 6. The number of rotatable bonds is 3. The SMILES string of the molecule is Cc1noc(C)c1C(=O)N1CCc2nc(N3CCCC3)nc(N(C)C)c2C1. The summed E-state index contributed by atoms with van der Waals surface area (Å²) in [4.78, 5) is 28.8. The normalized spacial score (nSPS) is 16.6. The summed E-state index contributed by atoms with van der Waals surface area (Å²) in [5, 5.41) is 3.92. The van der Waals surface area contributed by atoms with Crippen LogP contribution in [0.25, 0.3) is 0 Å². The maximum absolute atomic E-state index is 13.0. The van der Waals surface area contributed by atoms with E-state index in [1.807, 2.05) is 23.9 Å². The van der Waals surface area contributed by atoms with E-state index in [0.29, 0.717) is 30.1 Å². The minimum absolute atomic E-state index is 0.0368. The first-order chi connectivity index (χ1) is 13.0. The molecule has 0 aliphatic carbocycles. The Morgan fingerprint density at radius 2 is 1.85 bits per heavy atom. The lowest BCUT2D eigenvalue weighted by Gasteiger charge is -2.31. The quantitative estimate of drug-likeness (QED) is 0.817. The molecule has 2 aromatic heterocycles. The second-order valence-corrected chi connectivity index (χ2v) is 7.54. The van der Waals surface area contributed by atoms with Crippen LogP contribution in [0.1, 0.15) is 45.9 Å². The molecule has 0 N–H and O–H groups in total. The van der Waals surface area contributed by atoms with Crippen molar-refractivity contribution in [1.29, 1.82) is 0 Å². The van der Waals surface area contributed by atoms with Gasteiger partial charge in [-0.05, 0) is 26.7 Å². The number of aromatic nitrogens is 3. The van der Waals surface area contributed by atoms with Gasteiger partial charge in [0.05, 0.1) is 17.9 Å². The van der Waals surface area contributed by atoms with Crippen molar-refractivity contribution in [3.8, 4) is 0 Å².